The quantitative estimate of drug-likeness (QED) is 0.459. The molecule has 7 nitrogen and oxygen atoms in total. The highest BCUT2D eigenvalue weighted by atomic mass is 35.5. The number of nitrogens with zero attached hydrogens (tertiary/aromatic N) is 1. The van der Waals surface area contributed by atoms with Gasteiger partial charge >= 0.3 is 5.97 Å². The van der Waals surface area contributed by atoms with Crippen LogP contribution in [0.4, 0.5) is 5.69 Å². The minimum Gasteiger partial charge on any atom is -0.489 e. The van der Waals surface area contributed by atoms with Crippen LogP contribution in [0.25, 0.3) is 0 Å². The Bertz CT molecular complexity index is 1250. The maximum atomic E-state index is 13.1. The Morgan fingerprint density at radius 2 is 1.77 bits per heavy atom. The van der Waals surface area contributed by atoms with Gasteiger partial charge in [0, 0.05) is 12.6 Å². The molecule has 0 saturated carbocycles. The number of ether oxygens (including phenoxy) is 3. The Morgan fingerprint density at radius 1 is 1.06 bits per heavy atom. The van der Waals surface area contributed by atoms with Gasteiger partial charge in [0.15, 0.2) is 0 Å². The normalized spacial score (nSPS) is 15.7. The standard InChI is InChI=1S/C26H24Cl2N2O5/c1-30-22-13-15(12-21(29)26(32)33-2)4-10-23(22)35-24(25(30)31)17-5-7-18(8-6-17)34-14-16-3-9-19(27)20(28)11-16/h3-11,13,21,24H,12,14,29H2,1-2H3. The lowest BCUT2D eigenvalue weighted by Gasteiger charge is -2.32. The van der Waals surface area contributed by atoms with Gasteiger partial charge in [-0.2, -0.15) is 0 Å². The van der Waals surface area contributed by atoms with Crippen LogP contribution in [0.3, 0.4) is 0 Å². The third-order valence-corrected chi connectivity index (χ3v) is 6.46. The molecule has 1 aliphatic rings. The van der Waals surface area contributed by atoms with E-state index in [0.29, 0.717) is 39.4 Å². The van der Waals surface area contributed by atoms with Crippen molar-refractivity contribution in [2.24, 2.45) is 5.73 Å². The zero-order valence-electron chi connectivity index (χ0n) is 19.2. The van der Waals surface area contributed by atoms with E-state index in [4.69, 9.17) is 38.4 Å². The average Bonchev–Trinajstić information content (AvgIpc) is 2.87. The molecule has 3 aromatic rings. The molecule has 182 valence electrons. The zero-order valence-corrected chi connectivity index (χ0v) is 20.7. The van der Waals surface area contributed by atoms with Gasteiger partial charge < -0.3 is 24.8 Å². The SMILES string of the molecule is COC(=O)C(N)Cc1ccc2c(c1)N(C)C(=O)C(c1ccc(OCc3ccc(Cl)c(Cl)c3)cc1)O2. The van der Waals surface area contributed by atoms with Gasteiger partial charge in [0.1, 0.15) is 24.1 Å². The van der Waals surface area contributed by atoms with E-state index in [9.17, 15) is 9.59 Å². The molecule has 4 rings (SSSR count). The van der Waals surface area contributed by atoms with Gasteiger partial charge in [-0.3, -0.25) is 9.59 Å². The molecule has 3 aromatic carbocycles. The predicted octanol–water partition coefficient (Wildman–Crippen LogP) is 4.71. The van der Waals surface area contributed by atoms with Crippen molar-refractivity contribution in [1.29, 1.82) is 0 Å². The van der Waals surface area contributed by atoms with Gasteiger partial charge in [0.05, 0.1) is 22.8 Å². The van der Waals surface area contributed by atoms with Gasteiger partial charge in [-0.25, -0.2) is 0 Å². The predicted molar refractivity (Wildman–Crippen MR) is 134 cm³/mol. The molecular formula is C26H24Cl2N2O5. The first-order valence-electron chi connectivity index (χ1n) is 10.8. The number of likely N-dealkylation sites (N-methyl/N-ethyl adjacent to an activating group) is 1. The van der Waals surface area contributed by atoms with Crippen LogP contribution in [0.15, 0.2) is 60.7 Å². The topological polar surface area (TPSA) is 91.1 Å². The third-order valence-electron chi connectivity index (χ3n) is 5.72. The van der Waals surface area contributed by atoms with Crippen LogP contribution in [0.5, 0.6) is 11.5 Å². The fourth-order valence-corrected chi connectivity index (χ4v) is 4.08. The number of methoxy groups -OCH3 is 1. The number of hydrogen-bond donors (Lipinski definition) is 1. The summed E-state index contributed by atoms with van der Waals surface area (Å²) in [5.41, 5.74) is 8.87. The minimum absolute atomic E-state index is 0.212. The second-order valence-corrected chi connectivity index (χ2v) is 8.95. The number of halogens is 2. The number of amides is 1. The molecular weight excluding hydrogens is 491 g/mol. The van der Waals surface area contributed by atoms with Crippen LogP contribution in [0.1, 0.15) is 22.8 Å². The number of carbonyl (C=O) groups is 2. The second-order valence-electron chi connectivity index (χ2n) is 8.14. The second kappa shape index (κ2) is 10.6. The van der Waals surface area contributed by atoms with Crippen molar-refractivity contribution in [1.82, 2.24) is 0 Å². The van der Waals surface area contributed by atoms with E-state index >= 15 is 0 Å². The Hall–Kier alpha value is -3.26. The molecule has 0 spiro atoms. The third kappa shape index (κ3) is 5.53. The molecule has 1 amide bonds. The van der Waals surface area contributed by atoms with Crippen molar-refractivity contribution in [3.63, 3.8) is 0 Å². The number of carbonyl (C=O) groups excluding carboxylic acids is 2. The minimum atomic E-state index is -0.792. The van der Waals surface area contributed by atoms with Gasteiger partial charge in [0.25, 0.3) is 5.91 Å². The maximum absolute atomic E-state index is 13.1. The summed E-state index contributed by atoms with van der Waals surface area (Å²) < 4.78 is 16.5. The number of anilines is 1. The van der Waals surface area contributed by atoms with Crippen LogP contribution in [-0.2, 0) is 27.4 Å². The molecule has 0 fully saturated rings. The first-order valence-corrected chi connectivity index (χ1v) is 11.6. The zero-order chi connectivity index (χ0) is 25.1. The summed E-state index contributed by atoms with van der Waals surface area (Å²) in [5, 5.41) is 0.961. The molecule has 9 heteroatoms. The number of rotatable bonds is 7. The number of fused-ring (bicyclic) bond motifs is 1. The van der Waals surface area contributed by atoms with Crippen molar-refractivity contribution in [3.8, 4) is 11.5 Å². The molecule has 0 saturated heterocycles. The number of esters is 1. The van der Waals surface area contributed by atoms with Crippen molar-refractivity contribution < 1.29 is 23.8 Å². The highest BCUT2D eigenvalue weighted by molar-refractivity contribution is 6.42. The van der Waals surface area contributed by atoms with Gasteiger partial charge in [0.2, 0.25) is 6.10 Å². The van der Waals surface area contributed by atoms with Crippen LogP contribution in [-0.4, -0.2) is 32.1 Å². The maximum Gasteiger partial charge on any atom is 0.322 e. The lowest BCUT2D eigenvalue weighted by atomic mass is 10.0. The summed E-state index contributed by atoms with van der Waals surface area (Å²) in [4.78, 5) is 26.3. The van der Waals surface area contributed by atoms with Crippen molar-refractivity contribution in [2.75, 3.05) is 19.1 Å². The molecule has 0 aliphatic carbocycles. The number of nitrogens with two attached hydrogens (primary N) is 1. The van der Waals surface area contributed by atoms with Gasteiger partial charge in [-0.05, 0) is 53.9 Å². The van der Waals surface area contributed by atoms with Crippen LogP contribution in [0, 0.1) is 0 Å². The van der Waals surface area contributed by atoms with Crippen molar-refractivity contribution in [2.45, 2.75) is 25.2 Å². The molecule has 2 N–H and O–H groups in total. The molecule has 35 heavy (non-hydrogen) atoms. The van der Waals surface area contributed by atoms with Crippen molar-refractivity contribution >= 4 is 40.8 Å². The Morgan fingerprint density at radius 3 is 2.46 bits per heavy atom. The average molecular weight is 515 g/mol. The first kappa shape index (κ1) is 24.9. The summed E-state index contributed by atoms with van der Waals surface area (Å²) in [6, 6.07) is 17.1. The molecule has 0 radical (unpaired) electrons. The van der Waals surface area contributed by atoms with Crippen molar-refractivity contribution in [3.05, 3.63) is 87.4 Å². The largest absolute Gasteiger partial charge is 0.489 e. The summed E-state index contributed by atoms with van der Waals surface area (Å²) in [6.07, 6.45) is -0.505. The molecule has 2 atom stereocenters. The number of hydrogen-bond acceptors (Lipinski definition) is 6. The highest BCUT2D eigenvalue weighted by Crippen LogP contribution is 2.39. The summed E-state index contributed by atoms with van der Waals surface area (Å²) in [6.45, 7) is 0.327. The first-order chi connectivity index (χ1) is 16.8. The van der Waals surface area contributed by atoms with E-state index < -0.39 is 18.1 Å². The smallest absolute Gasteiger partial charge is 0.322 e. The fourth-order valence-electron chi connectivity index (χ4n) is 3.76. The Kier molecular flexibility index (Phi) is 7.50. The molecule has 1 heterocycles. The lowest BCUT2D eigenvalue weighted by Crippen LogP contribution is -2.38. The molecule has 2 unspecified atom stereocenters. The Balaban J connectivity index is 1.45. The summed E-state index contributed by atoms with van der Waals surface area (Å²) in [7, 11) is 2.99. The van der Waals surface area contributed by atoms with Crippen LogP contribution in [0.2, 0.25) is 10.0 Å². The van der Waals surface area contributed by atoms with Gasteiger partial charge in [-0.15, -0.1) is 0 Å². The summed E-state index contributed by atoms with van der Waals surface area (Å²) >= 11 is 12.0. The molecule has 0 aromatic heterocycles. The number of benzene rings is 3. The van der Waals surface area contributed by atoms with E-state index in [1.54, 1.807) is 60.5 Å². The van der Waals surface area contributed by atoms with Crippen LogP contribution < -0.4 is 20.1 Å². The Labute approximate surface area is 213 Å². The highest BCUT2D eigenvalue weighted by Gasteiger charge is 2.33. The van der Waals surface area contributed by atoms with E-state index in [1.807, 2.05) is 12.1 Å². The van der Waals surface area contributed by atoms with E-state index in [0.717, 1.165) is 11.1 Å². The lowest BCUT2D eigenvalue weighted by molar-refractivity contribution is -0.142. The molecule has 1 aliphatic heterocycles. The van der Waals surface area contributed by atoms with E-state index in [-0.39, 0.29) is 12.3 Å². The summed E-state index contributed by atoms with van der Waals surface area (Å²) in [5.74, 6) is 0.500. The van der Waals surface area contributed by atoms with E-state index in [2.05, 4.69) is 4.74 Å². The fraction of sp³-hybridized carbons (Fsp3) is 0.231. The van der Waals surface area contributed by atoms with Gasteiger partial charge in [-0.1, -0.05) is 47.5 Å². The van der Waals surface area contributed by atoms with Crippen LogP contribution >= 0.6 is 23.2 Å². The monoisotopic (exact) mass is 514 g/mol. The van der Waals surface area contributed by atoms with E-state index in [1.165, 1.54) is 7.11 Å². The molecule has 0 bridgehead atoms.